The van der Waals surface area contributed by atoms with Crippen LogP contribution in [-0.2, 0) is 19.1 Å². The van der Waals surface area contributed by atoms with Gasteiger partial charge in [-0.25, -0.2) is 15.1 Å². The van der Waals surface area contributed by atoms with Crippen LogP contribution >= 0.6 is 0 Å². The Labute approximate surface area is 212 Å². The average molecular weight is 501 g/mol. The normalized spacial score (nSPS) is 24.7. The molecule has 2 fully saturated rings. The number of benzene rings is 1. The van der Waals surface area contributed by atoms with E-state index in [-0.39, 0.29) is 18.3 Å². The minimum atomic E-state index is -0.628. The van der Waals surface area contributed by atoms with Gasteiger partial charge in [0.25, 0.3) is 5.91 Å². The lowest BCUT2D eigenvalue weighted by Crippen LogP contribution is -2.43. The van der Waals surface area contributed by atoms with Gasteiger partial charge in [-0.2, -0.15) is 0 Å². The van der Waals surface area contributed by atoms with Crippen LogP contribution in [-0.4, -0.2) is 59.9 Å². The number of rotatable bonds is 4. The van der Waals surface area contributed by atoms with Crippen molar-refractivity contribution in [2.45, 2.75) is 83.2 Å². The molecule has 1 N–H and O–H groups in total. The van der Waals surface area contributed by atoms with Crippen LogP contribution in [0.2, 0.25) is 0 Å². The summed E-state index contributed by atoms with van der Waals surface area (Å²) in [4.78, 5) is 44.7. The summed E-state index contributed by atoms with van der Waals surface area (Å²) in [5, 5.41) is 0. The third-order valence-electron chi connectivity index (χ3n) is 6.52. The van der Waals surface area contributed by atoms with Crippen LogP contribution in [0.25, 0.3) is 6.08 Å². The first-order valence-electron chi connectivity index (χ1n) is 12.7. The van der Waals surface area contributed by atoms with Crippen molar-refractivity contribution < 1.29 is 33.4 Å². The molecule has 36 heavy (non-hydrogen) atoms. The molecule has 4 rings (SSSR count). The van der Waals surface area contributed by atoms with Crippen LogP contribution in [0.5, 0.6) is 5.75 Å². The Hall–Kier alpha value is -2.91. The predicted molar refractivity (Wildman–Crippen MR) is 132 cm³/mol. The highest BCUT2D eigenvalue weighted by Gasteiger charge is 2.42. The number of nitrogens with one attached hydrogen (secondary N) is 1. The Kier molecular flexibility index (Phi) is 8.00. The number of likely N-dealkylation sites (tertiary alicyclic amines) is 1. The lowest BCUT2D eigenvalue weighted by Gasteiger charge is -2.37. The van der Waals surface area contributed by atoms with E-state index in [9.17, 15) is 14.4 Å². The van der Waals surface area contributed by atoms with Gasteiger partial charge in [0, 0.05) is 38.6 Å². The maximum Gasteiger partial charge on any atom is 0.410 e. The number of hydrogen-bond acceptors (Lipinski definition) is 7. The first-order chi connectivity index (χ1) is 17.1. The van der Waals surface area contributed by atoms with Crippen molar-refractivity contribution in [3.8, 4) is 5.75 Å². The second kappa shape index (κ2) is 11.0. The maximum atomic E-state index is 13.1. The van der Waals surface area contributed by atoms with E-state index in [4.69, 9.17) is 19.0 Å². The molecule has 3 aliphatic rings. The molecular formula is C27H36N2O7. The quantitative estimate of drug-likeness (QED) is 0.483. The van der Waals surface area contributed by atoms with Crippen molar-refractivity contribution in [2.75, 3.05) is 19.7 Å². The first-order valence-corrected chi connectivity index (χ1v) is 12.7. The molecule has 0 aliphatic carbocycles. The van der Waals surface area contributed by atoms with Crippen LogP contribution < -0.4 is 10.2 Å². The van der Waals surface area contributed by atoms with Gasteiger partial charge in [0.15, 0.2) is 12.1 Å². The highest BCUT2D eigenvalue weighted by Crippen LogP contribution is 2.40. The third-order valence-corrected chi connectivity index (χ3v) is 6.52. The highest BCUT2D eigenvalue weighted by molar-refractivity contribution is 6.01. The van der Waals surface area contributed by atoms with Gasteiger partial charge in [-0.3, -0.25) is 9.59 Å². The van der Waals surface area contributed by atoms with Crippen molar-refractivity contribution in [1.82, 2.24) is 10.4 Å². The molecule has 1 aromatic rings. The molecule has 2 amide bonds. The molecule has 0 saturated carbocycles. The number of hydrogen-bond donors (Lipinski definition) is 1. The molecule has 0 aromatic heterocycles. The smallest absolute Gasteiger partial charge is 0.410 e. The molecule has 0 bridgehead atoms. The van der Waals surface area contributed by atoms with E-state index in [1.54, 1.807) is 23.1 Å². The zero-order valence-corrected chi connectivity index (χ0v) is 21.3. The van der Waals surface area contributed by atoms with Gasteiger partial charge in [0.05, 0.1) is 12.0 Å². The zero-order valence-electron chi connectivity index (χ0n) is 21.3. The number of hydroxylamine groups is 1. The molecule has 2 saturated heterocycles. The fourth-order valence-corrected chi connectivity index (χ4v) is 4.70. The molecule has 3 heterocycles. The predicted octanol–water partition coefficient (Wildman–Crippen LogP) is 4.40. The average Bonchev–Trinajstić information content (AvgIpc) is 3.03. The van der Waals surface area contributed by atoms with Crippen LogP contribution in [0.1, 0.15) is 81.6 Å². The molecule has 9 heteroatoms. The molecule has 0 radical (unpaired) electrons. The van der Waals surface area contributed by atoms with Crippen molar-refractivity contribution in [2.24, 2.45) is 0 Å². The Morgan fingerprint density at radius 1 is 1.17 bits per heavy atom. The summed E-state index contributed by atoms with van der Waals surface area (Å²) in [5.74, 6) is 0.132. The fraction of sp³-hybridized carbons (Fsp3) is 0.593. The molecule has 3 aliphatic heterocycles. The van der Waals surface area contributed by atoms with Crippen molar-refractivity contribution in [3.05, 3.63) is 35.4 Å². The summed E-state index contributed by atoms with van der Waals surface area (Å²) in [7, 11) is 0. The zero-order chi connectivity index (χ0) is 25.8. The lowest BCUT2D eigenvalue weighted by atomic mass is 9.84. The summed E-state index contributed by atoms with van der Waals surface area (Å²) in [5.41, 5.74) is 2.41. The van der Waals surface area contributed by atoms with Gasteiger partial charge in [-0.15, -0.1) is 0 Å². The minimum Gasteiger partial charge on any atom is -0.486 e. The number of amides is 2. The van der Waals surface area contributed by atoms with E-state index >= 15 is 0 Å². The van der Waals surface area contributed by atoms with Crippen molar-refractivity contribution in [3.63, 3.8) is 0 Å². The monoisotopic (exact) mass is 500 g/mol. The maximum absolute atomic E-state index is 13.1. The number of Topliss-reactive ketones (excluding diaryl/α,β-unsaturated/α-hetero) is 1. The van der Waals surface area contributed by atoms with Crippen molar-refractivity contribution in [1.29, 1.82) is 0 Å². The van der Waals surface area contributed by atoms with E-state index in [1.807, 2.05) is 26.8 Å². The minimum absolute atomic E-state index is 0.000509. The van der Waals surface area contributed by atoms with E-state index < -0.39 is 23.4 Å². The van der Waals surface area contributed by atoms with Crippen molar-refractivity contribution >= 4 is 23.9 Å². The molecule has 1 spiro atoms. The molecule has 9 nitrogen and oxygen atoms in total. The standard InChI is InChI=1S/C27H36N2O7/c1-26(2,3)35-25(32)29-14-6-12-27(13-15-29)18-21(30)20-17-19(8-10-22(20)34-27)9-11-23(31)28-36-24-7-4-5-16-33-24/h8-11,17,24H,4-7,12-16,18H2,1-3H3,(H,28,31)/b11-9+. The molecule has 1 aromatic carbocycles. The lowest BCUT2D eigenvalue weighted by molar-refractivity contribution is -0.198. The van der Waals surface area contributed by atoms with E-state index in [1.165, 1.54) is 6.08 Å². The summed E-state index contributed by atoms with van der Waals surface area (Å²) in [6.07, 6.45) is 7.22. The van der Waals surface area contributed by atoms with Crippen LogP contribution in [0.15, 0.2) is 24.3 Å². The number of ether oxygens (including phenoxy) is 3. The molecule has 196 valence electrons. The third kappa shape index (κ3) is 6.85. The van der Waals surface area contributed by atoms with E-state index in [0.717, 1.165) is 25.7 Å². The summed E-state index contributed by atoms with van der Waals surface area (Å²) in [6, 6.07) is 5.32. The number of nitrogens with zero attached hydrogens (tertiary/aromatic N) is 1. The number of carbonyl (C=O) groups excluding carboxylic acids is 3. The van der Waals surface area contributed by atoms with Gasteiger partial charge < -0.3 is 19.1 Å². The number of fused-ring (bicyclic) bond motifs is 1. The Morgan fingerprint density at radius 3 is 2.75 bits per heavy atom. The summed E-state index contributed by atoms with van der Waals surface area (Å²) >= 11 is 0. The van der Waals surface area contributed by atoms with Gasteiger partial charge in [0.1, 0.15) is 17.0 Å². The van der Waals surface area contributed by atoms with Gasteiger partial charge >= 0.3 is 6.09 Å². The van der Waals surface area contributed by atoms with Gasteiger partial charge in [0.2, 0.25) is 0 Å². The second-order valence-electron chi connectivity index (χ2n) is 10.7. The van der Waals surface area contributed by atoms with Gasteiger partial charge in [-0.05, 0) is 70.2 Å². The summed E-state index contributed by atoms with van der Waals surface area (Å²) in [6.45, 7) is 7.22. The van der Waals surface area contributed by atoms with E-state index in [0.29, 0.717) is 49.4 Å². The van der Waals surface area contributed by atoms with E-state index in [2.05, 4.69) is 5.48 Å². The Bertz CT molecular complexity index is 1010. The van der Waals surface area contributed by atoms with Gasteiger partial charge in [-0.1, -0.05) is 6.07 Å². The first kappa shape index (κ1) is 26.2. The molecule has 2 atom stereocenters. The highest BCUT2D eigenvalue weighted by atomic mass is 16.8. The Morgan fingerprint density at radius 2 is 2.00 bits per heavy atom. The summed E-state index contributed by atoms with van der Waals surface area (Å²) < 4.78 is 17.3. The Balaban J connectivity index is 1.36. The number of carbonyl (C=O) groups is 3. The second-order valence-corrected chi connectivity index (χ2v) is 10.7. The fourth-order valence-electron chi connectivity index (χ4n) is 4.70. The topological polar surface area (TPSA) is 103 Å². The van der Waals surface area contributed by atoms with Crippen LogP contribution in [0.4, 0.5) is 4.79 Å². The van der Waals surface area contributed by atoms with Crippen LogP contribution in [0, 0.1) is 0 Å². The molecular weight excluding hydrogens is 464 g/mol. The van der Waals surface area contributed by atoms with Crippen LogP contribution in [0.3, 0.4) is 0 Å². The molecule has 2 unspecified atom stereocenters. The number of ketones is 1. The largest absolute Gasteiger partial charge is 0.486 e. The SMILES string of the molecule is CC(C)(C)OC(=O)N1CCCC2(CC1)CC(=O)c1cc(/C=C/C(=O)NOC3CCCCO3)ccc1O2.